The van der Waals surface area contributed by atoms with Crippen LogP contribution in [-0.2, 0) is 0 Å². The van der Waals surface area contributed by atoms with Gasteiger partial charge in [0, 0.05) is 24.3 Å². The molecule has 0 unspecified atom stereocenters. The lowest BCUT2D eigenvalue weighted by molar-refractivity contribution is 0.101. The van der Waals surface area contributed by atoms with Gasteiger partial charge < -0.3 is 10.2 Å². The topological polar surface area (TPSA) is 32.3 Å². The van der Waals surface area contributed by atoms with E-state index in [2.05, 4.69) is 24.1 Å². The summed E-state index contributed by atoms with van der Waals surface area (Å²) in [7, 11) is 0. The van der Waals surface area contributed by atoms with Gasteiger partial charge in [-0.3, -0.25) is 4.79 Å². The van der Waals surface area contributed by atoms with Gasteiger partial charge in [0.25, 0.3) is 0 Å². The van der Waals surface area contributed by atoms with E-state index in [-0.39, 0.29) is 5.78 Å². The highest BCUT2D eigenvalue weighted by atomic mass is 32.1. The van der Waals surface area contributed by atoms with Crippen LogP contribution in [0.15, 0.2) is 24.3 Å². The normalized spacial score (nSPS) is 10.1. The maximum Gasteiger partial charge on any atom is 0.173 e. The number of hydrogen-bond donors (Lipinski definition) is 1. The van der Waals surface area contributed by atoms with Crippen molar-refractivity contribution in [2.24, 2.45) is 0 Å². The molecule has 0 aliphatic rings. The minimum atomic E-state index is 0.0635. The predicted molar refractivity (Wildman–Crippen MR) is 84.8 cm³/mol. The molecule has 1 rings (SSSR count). The van der Waals surface area contributed by atoms with E-state index in [1.807, 2.05) is 24.3 Å². The lowest BCUT2D eigenvalue weighted by Gasteiger charge is -2.25. The maximum atomic E-state index is 11.4. The number of benzene rings is 1. The SMILES string of the molecule is CCCN(CCC)C(=S)Nc1cccc(C(C)=O)c1. The fraction of sp³-hybridized carbons (Fsp3) is 0.467. The lowest BCUT2D eigenvalue weighted by Crippen LogP contribution is -2.35. The Balaban J connectivity index is 2.74. The number of ketones is 1. The first kappa shape index (κ1) is 15.6. The number of Topliss-reactive ketones (excluding diaryl/α,β-unsaturated/α-hetero) is 1. The minimum Gasteiger partial charge on any atom is -0.349 e. The van der Waals surface area contributed by atoms with Gasteiger partial charge in [-0.1, -0.05) is 26.0 Å². The van der Waals surface area contributed by atoms with E-state index in [1.54, 1.807) is 6.92 Å². The fourth-order valence-corrected chi connectivity index (χ4v) is 2.17. The molecule has 0 aliphatic carbocycles. The van der Waals surface area contributed by atoms with Crippen molar-refractivity contribution in [2.75, 3.05) is 18.4 Å². The minimum absolute atomic E-state index is 0.0635. The quantitative estimate of drug-likeness (QED) is 0.635. The van der Waals surface area contributed by atoms with Crippen LogP contribution in [0.4, 0.5) is 5.69 Å². The molecule has 0 aliphatic heterocycles. The molecule has 0 bridgehead atoms. The molecule has 0 atom stereocenters. The third-order valence-electron chi connectivity index (χ3n) is 2.79. The Morgan fingerprint density at radius 3 is 2.42 bits per heavy atom. The van der Waals surface area contributed by atoms with E-state index in [0.717, 1.165) is 36.7 Å². The van der Waals surface area contributed by atoms with Gasteiger partial charge in [0.05, 0.1) is 0 Å². The van der Waals surface area contributed by atoms with Crippen molar-refractivity contribution in [3.05, 3.63) is 29.8 Å². The third-order valence-corrected chi connectivity index (χ3v) is 3.15. The van der Waals surface area contributed by atoms with Crippen molar-refractivity contribution >= 4 is 28.8 Å². The van der Waals surface area contributed by atoms with E-state index >= 15 is 0 Å². The van der Waals surface area contributed by atoms with Crippen LogP contribution < -0.4 is 5.32 Å². The van der Waals surface area contributed by atoms with E-state index in [9.17, 15) is 4.79 Å². The highest BCUT2D eigenvalue weighted by Gasteiger charge is 2.08. The average Bonchev–Trinajstić information content (AvgIpc) is 2.38. The van der Waals surface area contributed by atoms with E-state index in [0.29, 0.717) is 5.56 Å². The van der Waals surface area contributed by atoms with Crippen LogP contribution in [0.25, 0.3) is 0 Å². The van der Waals surface area contributed by atoms with Crippen molar-refractivity contribution in [1.29, 1.82) is 0 Å². The summed E-state index contributed by atoms with van der Waals surface area (Å²) >= 11 is 5.43. The van der Waals surface area contributed by atoms with Crippen LogP contribution in [0.1, 0.15) is 44.0 Å². The molecule has 3 nitrogen and oxygen atoms in total. The van der Waals surface area contributed by atoms with Crippen LogP contribution >= 0.6 is 12.2 Å². The van der Waals surface area contributed by atoms with Crippen LogP contribution in [-0.4, -0.2) is 28.9 Å². The molecule has 1 N–H and O–H groups in total. The van der Waals surface area contributed by atoms with Gasteiger partial charge in [-0.2, -0.15) is 0 Å². The zero-order valence-electron chi connectivity index (χ0n) is 11.9. The number of anilines is 1. The molecule has 0 saturated carbocycles. The monoisotopic (exact) mass is 278 g/mol. The number of carbonyl (C=O) groups is 1. The van der Waals surface area contributed by atoms with Gasteiger partial charge in [-0.15, -0.1) is 0 Å². The van der Waals surface area contributed by atoms with Crippen LogP contribution in [0.2, 0.25) is 0 Å². The van der Waals surface area contributed by atoms with Crippen molar-refractivity contribution in [2.45, 2.75) is 33.6 Å². The van der Waals surface area contributed by atoms with Gasteiger partial charge in [0.2, 0.25) is 0 Å². The van der Waals surface area contributed by atoms with Crippen LogP contribution in [0.5, 0.6) is 0 Å². The van der Waals surface area contributed by atoms with Gasteiger partial charge in [0.15, 0.2) is 10.9 Å². The summed E-state index contributed by atoms with van der Waals surface area (Å²) < 4.78 is 0. The first-order valence-corrected chi connectivity index (χ1v) is 7.16. The summed E-state index contributed by atoms with van der Waals surface area (Å²) in [5.41, 5.74) is 1.57. The molecule has 0 aromatic heterocycles. The van der Waals surface area contributed by atoms with Crippen molar-refractivity contribution < 1.29 is 4.79 Å². The van der Waals surface area contributed by atoms with Crippen molar-refractivity contribution in [1.82, 2.24) is 4.90 Å². The van der Waals surface area contributed by atoms with Crippen LogP contribution in [0.3, 0.4) is 0 Å². The Hall–Kier alpha value is -1.42. The fourth-order valence-electron chi connectivity index (χ4n) is 1.87. The first-order chi connectivity index (χ1) is 9.08. The molecule has 104 valence electrons. The second-order valence-electron chi connectivity index (χ2n) is 4.55. The zero-order chi connectivity index (χ0) is 14.3. The second-order valence-corrected chi connectivity index (χ2v) is 4.94. The highest BCUT2D eigenvalue weighted by molar-refractivity contribution is 7.80. The molecular formula is C15H22N2OS. The first-order valence-electron chi connectivity index (χ1n) is 6.75. The third kappa shape index (κ3) is 4.99. The standard InChI is InChI=1S/C15H22N2OS/c1-4-9-17(10-5-2)15(19)16-14-8-6-7-13(11-14)12(3)18/h6-8,11H,4-5,9-10H2,1-3H3,(H,16,19). The Kier molecular flexibility index (Phi) is 6.50. The average molecular weight is 278 g/mol. The van der Waals surface area contributed by atoms with Gasteiger partial charge >= 0.3 is 0 Å². The zero-order valence-corrected chi connectivity index (χ0v) is 12.7. The summed E-state index contributed by atoms with van der Waals surface area (Å²) in [5, 5.41) is 3.94. The van der Waals surface area contributed by atoms with Crippen LogP contribution in [0, 0.1) is 0 Å². The van der Waals surface area contributed by atoms with Crippen molar-refractivity contribution in [3.63, 3.8) is 0 Å². The number of nitrogens with zero attached hydrogens (tertiary/aromatic N) is 1. The molecular weight excluding hydrogens is 256 g/mol. The molecule has 19 heavy (non-hydrogen) atoms. The maximum absolute atomic E-state index is 11.4. The summed E-state index contributed by atoms with van der Waals surface area (Å²) in [6.45, 7) is 7.75. The second kappa shape index (κ2) is 7.89. The Labute approximate surface area is 121 Å². The molecule has 0 amide bonds. The molecule has 0 fully saturated rings. The molecule has 0 heterocycles. The molecule has 4 heteroatoms. The number of hydrogen-bond acceptors (Lipinski definition) is 2. The molecule has 0 saturated heterocycles. The summed E-state index contributed by atoms with van der Waals surface area (Å²) in [6.07, 6.45) is 2.13. The number of rotatable bonds is 6. The number of thiocarbonyl (C=S) groups is 1. The Morgan fingerprint density at radius 1 is 1.26 bits per heavy atom. The van der Waals surface area contributed by atoms with Gasteiger partial charge in [-0.05, 0) is 44.1 Å². The van der Waals surface area contributed by atoms with Gasteiger partial charge in [0.1, 0.15) is 0 Å². The van der Waals surface area contributed by atoms with E-state index < -0.39 is 0 Å². The molecule has 1 aromatic carbocycles. The Morgan fingerprint density at radius 2 is 1.89 bits per heavy atom. The number of carbonyl (C=O) groups excluding carboxylic acids is 1. The Bertz CT molecular complexity index is 440. The largest absolute Gasteiger partial charge is 0.349 e. The van der Waals surface area contributed by atoms with E-state index in [4.69, 9.17) is 12.2 Å². The smallest absolute Gasteiger partial charge is 0.173 e. The summed E-state index contributed by atoms with van der Waals surface area (Å²) in [4.78, 5) is 13.5. The highest BCUT2D eigenvalue weighted by Crippen LogP contribution is 2.12. The van der Waals surface area contributed by atoms with Gasteiger partial charge in [-0.25, -0.2) is 0 Å². The summed E-state index contributed by atoms with van der Waals surface area (Å²) in [5.74, 6) is 0.0635. The predicted octanol–water partition coefficient (Wildman–Crippen LogP) is 3.71. The molecule has 0 radical (unpaired) electrons. The molecule has 1 aromatic rings. The van der Waals surface area contributed by atoms with Crippen molar-refractivity contribution in [3.8, 4) is 0 Å². The summed E-state index contributed by atoms with van der Waals surface area (Å²) in [6, 6.07) is 7.44. The van der Waals surface area contributed by atoms with E-state index in [1.165, 1.54) is 0 Å². The molecule has 0 spiro atoms. The lowest BCUT2D eigenvalue weighted by atomic mass is 10.1. The number of nitrogens with one attached hydrogen (secondary N) is 1.